The van der Waals surface area contributed by atoms with Crippen LogP contribution in [0.3, 0.4) is 0 Å². The van der Waals surface area contributed by atoms with E-state index in [1.165, 1.54) is 11.3 Å². The second kappa shape index (κ2) is 7.34. The summed E-state index contributed by atoms with van der Waals surface area (Å²) >= 11 is 7.26. The van der Waals surface area contributed by atoms with Crippen molar-refractivity contribution in [3.8, 4) is 17.1 Å². The Hall–Kier alpha value is -2.97. The number of halogens is 1. The highest BCUT2D eigenvalue weighted by Gasteiger charge is 2.15. The summed E-state index contributed by atoms with van der Waals surface area (Å²) in [5, 5.41) is 16.3. The van der Waals surface area contributed by atoms with Gasteiger partial charge < -0.3 is 4.74 Å². The molecule has 9 heteroatoms. The van der Waals surface area contributed by atoms with Crippen molar-refractivity contribution in [2.24, 2.45) is 0 Å². The van der Waals surface area contributed by atoms with Gasteiger partial charge in [0.25, 0.3) is 5.91 Å². The molecular formula is C18H14ClN5O2S. The summed E-state index contributed by atoms with van der Waals surface area (Å²) in [6.45, 7) is 1.88. The first-order chi connectivity index (χ1) is 13.1. The van der Waals surface area contributed by atoms with Gasteiger partial charge in [-0.05, 0) is 31.2 Å². The Balaban J connectivity index is 1.46. The van der Waals surface area contributed by atoms with E-state index in [0.29, 0.717) is 26.7 Å². The molecule has 2 heterocycles. The lowest BCUT2D eigenvalue weighted by molar-refractivity contribution is -0.118. The van der Waals surface area contributed by atoms with Crippen LogP contribution in [0, 0.1) is 6.92 Å². The normalized spacial score (nSPS) is 10.9. The highest BCUT2D eigenvalue weighted by atomic mass is 35.5. The van der Waals surface area contributed by atoms with Crippen LogP contribution in [0.5, 0.6) is 5.75 Å². The molecule has 0 saturated heterocycles. The number of carbonyl (C=O) groups excluding carboxylic acids is 1. The van der Waals surface area contributed by atoms with E-state index in [1.54, 1.807) is 16.6 Å². The lowest BCUT2D eigenvalue weighted by Crippen LogP contribution is -2.20. The molecule has 0 spiro atoms. The van der Waals surface area contributed by atoms with Crippen molar-refractivity contribution in [3.05, 3.63) is 59.1 Å². The average molecular weight is 400 g/mol. The maximum atomic E-state index is 12.1. The van der Waals surface area contributed by atoms with Gasteiger partial charge in [0.1, 0.15) is 5.75 Å². The second-order valence-electron chi connectivity index (χ2n) is 5.79. The van der Waals surface area contributed by atoms with Crippen LogP contribution in [0.1, 0.15) is 5.56 Å². The smallest absolute Gasteiger partial charge is 0.264 e. The fraction of sp³-hybridized carbons (Fsp3) is 0.111. The molecule has 0 unspecified atom stereocenters. The minimum absolute atomic E-state index is 0.107. The SMILES string of the molecule is Cc1ccc(OCC(=O)Nc2nn3c(-c4cccc(Cl)c4)nnc3s2)cc1. The van der Waals surface area contributed by atoms with Crippen LogP contribution in [0.25, 0.3) is 16.3 Å². The van der Waals surface area contributed by atoms with Crippen molar-refractivity contribution in [2.45, 2.75) is 6.92 Å². The average Bonchev–Trinajstić information content (AvgIpc) is 3.21. The molecule has 136 valence electrons. The third kappa shape index (κ3) is 3.91. The number of benzene rings is 2. The zero-order valence-electron chi connectivity index (χ0n) is 14.2. The molecule has 0 aliphatic carbocycles. The molecule has 0 fully saturated rings. The van der Waals surface area contributed by atoms with Gasteiger partial charge in [0.05, 0.1) is 0 Å². The Bertz CT molecular complexity index is 1110. The third-order valence-corrected chi connectivity index (χ3v) is 4.76. The largest absolute Gasteiger partial charge is 0.484 e. The van der Waals surface area contributed by atoms with E-state index < -0.39 is 0 Å². The summed E-state index contributed by atoms with van der Waals surface area (Å²) in [6, 6.07) is 14.8. The van der Waals surface area contributed by atoms with Crippen LogP contribution in [0.2, 0.25) is 5.02 Å². The number of nitrogens with zero attached hydrogens (tertiary/aromatic N) is 4. The van der Waals surface area contributed by atoms with Crippen molar-refractivity contribution < 1.29 is 9.53 Å². The molecule has 27 heavy (non-hydrogen) atoms. The molecule has 0 aliphatic heterocycles. The Kier molecular flexibility index (Phi) is 4.74. The summed E-state index contributed by atoms with van der Waals surface area (Å²) in [7, 11) is 0. The molecule has 1 N–H and O–H groups in total. The van der Waals surface area contributed by atoms with Crippen molar-refractivity contribution in [2.75, 3.05) is 11.9 Å². The van der Waals surface area contributed by atoms with Crippen molar-refractivity contribution >= 4 is 38.9 Å². The van der Waals surface area contributed by atoms with E-state index in [9.17, 15) is 4.79 Å². The number of aromatic nitrogens is 4. The first-order valence-corrected chi connectivity index (χ1v) is 9.25. The number of ether oxygens (including phenoxy) is 1. The molecule has 7 nitrogen and oxygen atoms in total. The van der Waals surface area contributed by atoms with E-state index in [-0.39, 0.29) is 12.5 Å². The molecule has 1 amide bonds. The number of hydrogen-bond donors (Lipinski definition) is 1. The second-order valence-corrected chi connectivity index (χ2v) is 7.18. The predicted molar refractivity (Wildman–Crippen MR) is 104 cm³/mol. The zero-order valence-corrected chi connectivity index (χ0v) is 15.8. The molecule has 0 bridgehead atoms. The van der Waals surface area contributed by atoms with Gasteiger partial charge >= 0.3 is 0 Å². The van der Waals surface area contributed by atoms with Gasteiger partial charge in [0.2, 0.25) is 10.1 Å². The quantitative estimate of drug-likeness (QED) is 0.551. The van der Waals surface area contributed by atoms with Gasteiger partial charge in [-0.15, -0.1) is 15.3 Å². The zero-order chi connectivity index (χ0) is 18.8. The number of hydrogen-bond acceptors (Lipinski definition) is 6. The Labute approximate surface area is 163 Å². The highest BCUT2D eigenvalue weighted by molar-refractivity contribution is 7.20. The topological polar surface area (TPSA) is 81.4 Å². The van der Waals surface area contributed by atoms with E-state index in [2.05, 4.69) is 20.6 Å². The fourth-order valence-corrected chi connectivity index (χ4v) is 3.36. The standard InChI is InChI=1S/C18H14ClN5O2S/c1-11-5-7-14(8-6-11)26-10-15(25)20-17-23-24-16(21-22-18(24)27-17)12-3-2-4-13(19)9-12/h2-9H,10H2,1H3,(H,20,23,25). The van der Waals surface area contributed by atoms with Gasteiger partial charge in [0.15, 0.2) is 12.4 Å². The summed E-state index contributed by atoms with van der Waals surface area (Å²) in [4.78, 5) is 12.7. The van der Waals surface area contributed by atoms with Crippen molar-refractivity contribution in [3.63, 3.8) is 0 Å². The number of carbonyl (C=O) groups is 1. The van der Waals surface area contributed by atoms with E-state index >= 15 is 0 Å². The van der Waals surface area contributed by atoms with Crippen molar-refractivity contribution in [1.29, 1.82) is 0 Å². The van der Waals surface area contributed by atoms with Crippen LogP contribution in [0.15, 0.2) is 48.5 Å². The van der Waals surface area contributed by atoms with E-state index in [0.717, 1.165) is 11.1 Å². The molecule has 4 aromatic rings. The maximum Gasteiger partial charge on any atom is 0.264 e. The maximum absolute atomic E-state index is 12.1. The van der Waals surface area contributed by atoms with Crippen molar-refractivity contribution in [1.82, 2.24) is 19.8 Å². The minimum Gasteiger partial charge on any atom is -0.484 e. The Morgan fingerprint density at radius 2 is 2.04 bits per heavy atom. The molecular weight excluding hydrogens is 386 g/mol. The number of amides is 1. The van der Waals surface area contributed by atoms with Crippen LogP contribution in [0.4, 0.5) is 5.13 Å². The lowest BCUT2D eigenvalue weighted by atomic mass is 10.2. The summed E-state index contributed by atoms with van der Waals surface area (Å²) < 4.78 is 7.05. The number of anilines is 1. The number of nitrogens with one attached hydrogen (secondary N) is 1. The van der Waals surface area contributed by atoms with Crippen LogP contribution in [-0.4, -0.2) is 32.3 Å². The van der Waals surface area contributed by atoms with Gasteiger partial charge in [-0.2, -0.15) is 4.52 Å². The Morgan fingerprint density at radius 3 is 2.81 bits per heavy atom. The minimum atomic E-state index is -0.301. The molecule has 2 aromatic carbocycles. The van der Waals surface area contributed by atoms with Gasteiger partial charge in [-0.1, -0.05) is 52.8 Å². The molecule has 0 aliphatic rings. The van der Waals surface area contributed by atoms with Gasteiger partial charge in [-0.25, -0.2) is 0 Å². The summed E-state index contributed by atoms with van der Waals surface area (Å²) in [5.74, 6) is 0.891. The van der Waals surface area contributed by atoms with E-state index in [1.807, 2.05) is 43.3 Å². The van der Waals surface area contributed by atoms with Gasteiger partial charge in [0, 0.05) is 10.6 Å². The third-order valence-electron chi connectivity index (χ3n) is 3.71. The molecule has 0 radical (unpaired) electrons. The first-order valence-electron chi connectivity index (χ1n) is 8.06. The predicted octanol–water partition coefficient (Wildman–Crippen LogP) is 3.83. The van der Waals surface area contributed by atoms with Crippen LogP contribution >= 0.6 is 22.9 Å². The van der Waals surface area contributed by atoms with Crippen LogP contribution < -0.4 is 10.1 Å². The molecule has 2 aromatic heterocycles. The summed E-state index contributed by atoms with van der Waals surface area (Å²) in [6.07, 6.45) is 0. The highest BCUT2D eigenvalue weighted by Crippen LogP contribution is 2.25. The molecule has 0 saturated carbocycles. The number of fused-ring (bicyclic) bond motifs is 1. The monoisotopic (exact) mass is 399 g/mol. The van der Waals surface area contributed by atoms with E-state index in [4.69, 9.17) is 16.3 Å². The lowest BCUT2D eigenvalue weighted by Gasteiger charge is -2.05. The molecule has 0 atom stereocenters. The first kappa shape index (κ1) is 17.4. The Morgan fingerprint density at radius 1 is 1.22 bits per heavy atom. The number of aryl methyl sites for hydroxylation is 1. The fourth-order valence-electron chi connectivity index (χ4n) is 2.41. The molecule has 4 rings (SSSR count). The number of rotatable bonds is 5. The summed E-state index contributed by atoms with van der Waals surface area (Å²) in [5.41, 5.74) is 1.92. The van der Waals surface area contributed by atoms with Gasteiger partial charge in [-0.3, -0.25) is 10.1 Å². The van der Waals surface area contributed by atoms with Crippen LogP contribution in [-0.2, 0) is 4.79 Å².